The van der Waals surface area contributed by atoms with Crippen LogP contribution in [0.4, 0.5) is 17.1 Å². The van der Waals surface area contributed by atoms with Gasteiger partial charge in [0.1, 0.15) is 11.3 Å². The van der Waals surface area contributed by atoms with E-state index in [2.05, 4.69) is 63.0 Å². The van der Waals surface area contributed by atoms with Crippen LogP contribution in [-0.4, -0.2) is 14.5 Å². The number of ether oxygens (including phenoxy) is 1. The van der Waals surface area contributed by atoms with Crippen molar-refractivity contribution in [3.05, 3.63) is 122 Å². The molecule has 3 heterocycles. The van der Waals surface area contributed by atoms with Crippen molar-refractivity contribution in [2.24, 2.45) is 0 Å². The summed E-state index contributed by atoms with van der Waals surface area (Å²) in [5.74, 6) is 2.57. The summed E-state index contributed by atoms with van der Waals surface area (Å²) in [6.45, 7) is 0. The Labute approximate surface area is 202 Å². The van der Waals surface area contributed by atoms with E-state index in [4.69, 9.17) is 9.72 Å². The molecule has 6 aromatic rings. The monoisotopic (exact) mass is 452 g/mol. The molecule has 1 aliphatic heterocycles. The number of hydrogen-bond acceptors (Lipinski definition) is 4. The Balaban J connectivity index is 1.37. The van der Waals surface area contributed by atoms with Crippen molar-refractivity contribution in [2.45, 2.75) is 0 Å². The molecule has 5 nitrogen and oxygen atoms in total. The maximum absolute atomic E-state index is 6.16. The number of pyridine rings is 1. The Bertz CT molecular complexity index is 1630. The number of para-hydroxylation sites is 5. The van der Waals surface area contributed by atoms with Crippen molar-refractivity contribution in [3.63, 3.8) is 0 Å². The third kappa shape index (κ3) is 3.17. The molecule has 0 atom stereocenters. The summed E-state index contributed by atoms with van der Waals surface area (Å²) >= 11 is 0. The second-order valence-corrected chi connectivity index (χ2v) is 8.39. The van der Waals surface area contributed by atoms with Gasteiger partial charge >= 0.3 is 0 Å². The average Bonchev–Trinajstić information content (AvgIpc) is 3.32. The molecule has 0 saturated carbocycles. The van der Waals surface area contributed by atoms with E-state index in [1.165, 1.54) is 0 Å². The van der Waals surface area contributed by atoms with Crippen LogP contribution < -0.4 is 9.64 Å². The van der Waals surface area contributed by atoms with E-state index in [1.807, 2.05) is 73.1 Å². The van der Waals surface area contributed by atoms with Crippen molar-refractivity contribution in [1.29, 1.82) is 0 Å². The summed E-state index contributed by atoms with van der Waals surface area (Å²) in [4.78, 5) is 11.5. The van der Waals surface area contributed by atoms with Crippen molar-refractivity contribution in [1.82, 2.24) is 14.5 Å². The lowest BCUT2D eigenvalue weighted by molar-refractivity contribution is 0.477. The van der Waals surface area contributed by atoms with Crippen LogP contribution in [0.2, 0.25) is 0 Å². The van der Waals surface area contributed by atoms with Crippen molar-refractivity contribution < 1.29 is 4.74 Å². The first-order valence-electron chi connectivity index (χ1n) is 11.5. The SMILES string of the molecule is c1ccc(-n2c(-c3ccc(N4c5ccccc5Oc5ccccc54)cc3)nc3cnccc32)cc1. The maximum Gasteiger partial charge on any atom is 0.151 e. The minimum absolute atomic E-state index is 0.841. The van der Waals surface area contributed by atoms with Gasteiger partial charge in [-0.15, -0.1) is 0 Å². The molecule has 0 radical (unpaired) electrons. The Hall–Kier alpha value is -4.90. The molecule has 0 aliphatic carbocycles. The van der Waals surface area contributed by atoms with Crippen LogP contribution in [0.15, 0.2) is 122 Å². The van der Waals surface area contributed by atoms with Gasteiger partial charge in [0.25, 0.3) is 0 Å². The van der Waals surface area contributed by atoms with Crippen LogP contribution in [-0.2, 0) is 0 Å². The fourth-order valence-corrected chi connectivity index (χ4v) is 4.71. The number of fused-ring (bicyclic) bond motifs is 3. The number of nitrogens with zero attached hydrogens (tertiary/aromatic N) is 4. The predicted molar refractivity (Wildman–Crippen MR) is 139 cm³/mol. The highest BCUT2D eigenvalue weighted by Gasteiger charge is 2.25. The second-order valence-electron chi connectivity index (χ2n) is 8.39. The van der Waals surface area contributed by atoms with Gasteiger partial charge < -0.3 is 9.64 Å². The number of benzene rings is 4. The third-order valence-electron chi connectivity index (χ3n) is 6.29. The molecule has 0 unspecified atom stereocenters. The van der Waals surface area contributed by atoms with Gasteiger partial charge in [0.05, 0.1) is 23.1 Å². The predicted octanol–water partition coefficient (Wildman–Crippen LogP) is 7.66. The fourth-order valence-electron chi connectivity index (χ4n) is 4.71. The smallest absolute Gasteiger partial charge is 0.151 e. The largest absolute Gasteiger partial charge is 0.453 e. The van der Waals surface area contributed by atoms with Gasteiger partial charge in [-0.2, -0.15) is 0 Å². The third-order valence-corrected chi connectivity index (χ3v) is 6.29. The van der Waals surface area contributed by atoms with E-state index in [-0.39, 0.29) is 0 Å². The first kappa shape index (κ1) is 19.6. The van der Waals surface area contributed by atoms with Gasteiger partial charge in [-0.1, -0.05) is 42.5 Å². The Morgan fingerprint density at radius 2 is 1.26 bits per heavy atom. The van der Waals surface area contributed by atoms with Crippen LogP contribution in [0.1, 0.15) is 0 Å². The molecule has 5 heteroatoms. The van der Waals surface area contributed by atoms with Crippen molar-refractivity contribution >= 4 is 28.1 Å². The first-order chi connectivity index (χ1) is 17.4. The van der Waals surface area contributed by atoms with Gasteiger partial charge in [0, 0.05) is 23.1 Å². The number of imidazole rings is 1. The molecule has 166 valence electrons. The van der Waals surface area contributed by atoms with E-state index in [1.54, 1.807) is 0 Å². The first-order valence-corrected chi connectivity index (χ1v) is 11.5. The topological polar surface area (TPSA) is 43.2 Å². The lowest BCUT2D eigenvalue weighted by Crippen LogP contribution is -2.15. The van der Waals surface area contributed by atoms with E-state index in [0.717, 1.165) is 56.7 Å². The molecule has 2 aromatic heterocycles. The highest BCUT2D eigenvalue weighted by Crippen LogP contribution is 2.50. The molecule has 0 amide bonds. The van der Waals surface area contributed by atoms with E-state index in [9.17, 15) is 0 Å². The normalized spacial score (nSPS) is 12.2. The summed E-state index contributed by atoms with van der Waals surface area (Å²) in [7, 11) is 0. The van der Waals surface area contributed by atoms with Crippen LogP contribution in [0.25, 0.3) is 28.1 Å². The molecular formula is C30H20N4O. The lowest BCUT2D eigenvalue weighted by atomic mass is 10.1. The fraction of sp³-hybridized carbons (Fsp3) is 0. The molecule has 1 aliphatic rings. The van der Waals surface area contributed by atoms with E-state index >= 15 is 0 Å². The minimum Gasteiger partial charge on any atom is -0.453 e. The molecule has 7 rings (SSSR count). The van der Waals surface area contributed by atoms with Crippen LogP contribution in [0, 0.1) is 0 Å². The van der Waals surface area contributed by atoms with Gasteiger partial charge in [0.2, 0.25) is 0 Å². The molecule has 0 N–H and O–H groups in total. The van der Waals surface area contributed by atoms with Crippen LogP contribution in [0.3, 0.4) is 0 Å². The lowest BCUT2D eigenvalue weighted by Gasteiger charge is -2.32. The van der Waals surface area contributed by atoms with E-state index < -0.39 is 0 Å². The highest BCUT2D eigenvalue weighted by molar-refractivity contribution is 5.87. The molecule has 0 saturated heterocycles. The number of anilines is 3. The second kappa shape index (κ2) is 7.85. The summed E-state index contributed by atoms with van der Waals surface area (Å²) in [5.41, 5.74) is 7.08. The zero-order valence-corrected chi connectivity index (χ0v) is 18.7. The van der Waals surface area contributed by atoms with E-state index in [0.29, 0.717) is 0 Å². The van der Waals surface area contributed by atoms with Gasteiger partial charge in [-0.3, -0.25) is 9.55 Å². The highest BCUT2D eigenvalue weighted by atomic mass is 16.5. The van der Waals surface area contributed by atoms with Gasteiger partial charge in [0.15, 0.2) is 11.5 Å². The summed E-state index contributed by atoms with van der Waals surface area (Å²) in [6.07, 6.45) is 3.62. The average molecular weight is 453 g/mol. The number of aromatic nitrogens is 3. The Morgan fingerprint density at radius 3 is 1.97 bits per heavy atom. The standard InChI is InChI=1S/C30H20N4O/c1-2-8-22(9-3-1)34-25-18-19-31-20-24(25)32-30(34)21-14-16-23(17-15-21)33-26-10-4-6-12-28(26)35-29-13-7-5-11-27(29)33/h1-20H. The zero-order chi connectivity index (χ0) is 23.2. The van der Waals surface area contributed by atoms with Crippen LogP contribution >= 0.6 is 0 Å². The summed E-state index contributed by atoms with van der Waals surface area (Å²) < 4.78 is 8.35. The molecule has 0 bridgehead atoms. The molecule has 0 fully saturated rings. The Kier molecular flexibility index (Phi) is 4.39. The number of hydrogen-bond donors (Lipinski definition) is 0. The Morgan fingerprint density at radius 1 is 0.600 bits per heavy atom. The minimum atomic E-state index is 0.841. The molecule has 4 aromatic carbocycles. The van der Waals surface area contributed by atoms with Gasteiger partial charge in [-0.05, 0) is 66.7 Å². The summed E-state index contributed by atoms with van der Waals surface area (Å²) in [6, 6.07) is 37.1. The summed E-state index contributed by atoms with van der Waals surface area (Å²) in [5, 5.41) is 0. The molecular weight excluding hydrogens is 432 g/mol. The molecule has 35 heavy (non-hydrogen) atoms. The zero-order valence-electron chi connectivity index (χ0n) is 18.7. The number of rotatable bonds is 3. The van der Waals surface area contributed by atoms with Gasteiger partial charge in [-0.25, -0.2) is 4.98 Å². The van der Waals surface area contributed by atoms with Crippen molar-refractivity contribution in [2.75, 3.05) is 4.90 Å². The molecule has 0 spiro atoms. The maximum atomic E-state index is 6.16. The van der Waals surface area contributed by atoms with Crippen molar-refractivity contribution in [3.8, 4) is 28.6 Å². The van der Waals surface area contributed by atoms with Crippen LogP contribution in [0.5, 0.6) is 11.5 Å². The quantitative estimate of drug-likeness (QED) is 0.276.